The third kappa shape index (κ3) is 2.73. The van der Waals surface area contributed by atoms with E-state index in [1.807, 2.05) is 19.1 Å². The summed E-state index contributed by atoms with van der Waals surface area (Å²) in [6, 6.07) is 10.5. The Morgan fingerprint density at radius 3 is 2.32 bits per heavy atom. The minimum absolute atomic E-state index is 0.135. The lowest BCUT2D eigenvalue weighted by atomic mass is 10.1. The Balaban J connectivity index is 2.25. The number of aliphatic carboxylic acids is 1. The number of nitrogens with one attached hydrogen (secondary N) is 1. The number of rotatable bonds is 4. The maximum atomic E-state index is 12.2. The summed E-state index contributed by atoms with van der Waals surface area (Å²) in [6.07, 6.45) is 0. The van der Waals surface area contributed by atoms with E-state index < -0.39 is 11.9 Å². The maximum absolute atomic E-state index is 12.2. The number of hydrogen-bond donors (Lipinski definition) is 2. The van der Waals surface area contributed by atoms with Crippen molar-refractivity contribution in [3.05, 3.63) is 58.9 Å². The highest BCUT2D eigenvalue weighted by molar-refractivity contribution is 6.07. The van der Waals surface area contributed by atoms with Crippen molar-refractivity contribution in [1.82, 2.24) is 4.98 Å². The Bertz CT molecular complexity index is 611. The average Bonchev–Trinajstić information content (AvgIpc) is 2.87. The van der Waals surface area contributed by atoms with E-state index in [1.165, 1.54) is 0 Å². The maximum Gasteiger partial charge on any atom is 0.312 e. The molecule has 0 aliphatic rings. The lowest BCUT2D eigenvalue weighted by Gasteiger charge is -2.03. The van der Waals surface area contributed by atoms with Crippen LogP contribution in [-0.4, -0.2) is 21.8 Å². The van der Waals surface area contributed by atoms with Crippen LogP contribution in [0.15, 0.2) is 36.4 Å². The van der Waals surface area contributed by atoms with Gasteiger partial charge in [-0.2, -0.15) is 0 Å². The Kier molecular flexibility index (Phi) is 3.51. The summed E-state index contributed by atoms with van der Waals surface area (Å²) in [5.74, 6) is -1.71. The molecule has 2 N–H and O–H groups in total. The lowest BCUT2D eigenvalue weighted by Crippen LogP contribution is -2.08. The molecule has 1 aromatic heterocycles. The van der Waals surface area contributed by atoms with Crippen LogP contribution in [0.1, 0.15) is 40.2 Å². The second-order valence-corrected chi connectivity index (χ2v) is 4.58. The van der Waals surface area contributed by atoms with Gasteiger partial charge in [0.25, 0.3) is 0 Å². The molecular formula is C15H15NO3. The second kappa shape index (κ2) is 5.10. The number of aromatic amines is 1. The fraction of sp³-hybridized carbons (Fsp3) is 0.200. The molecule has 0 radical (unpaired) electrons. The summed E-state index contributed by atoms with van der Waals surface area (Å²) in [5, 5.41) is 8.93. The quantitative estimate of drug-likeness (QED) is 0.827. The normalized spacial score (nSPS) is 12.1. The molecule has 0 fully saturated rings. The van der Waals surface area contributed by atoms with E-state index in [2.05, 4.69) is 4.98 Å². The predicted octanol–water partition coefficient (Wildman–Crippen LogP) is 2.74. The third-order valence-electron chi connectivity index (χ3n) is 3.10. The van der Waals surface area contributed by atoms with Gasteiger partial charge < -0.3 is 10.1 Å². The summed E-state index contributed by atoms with van der Waals surface area (Å²) in [6.45, 7) is 3.53. The van der Waals surface area contributed by atoms with Gasteiger partial charge in [0.05, 0.1) is 11.6 Å². The Hall–Kier alpha value is -2.36. The molecule has 1 unspecified atom stereocenters. The fourth-order valence-electron chi connectivity index (χ4n) is 1.79. The van der Waals surface area contributed by atoms with Crippen molar-refractivity contribution in [2.45, 2.75) is 19.8 Å². The average molecular weight is 257 g/mol. The second-order valence-electron chi connectivity index (χ2n) is 4.58. The monoisotopic (exact) mass is 257 g/mol. The number of benzene rings is 1. The molecule has 0 saturated carbocycles. The van der Waals surface area contributed by atoms with Gasteiger partial charge in [-0.1, -0.05) is 29.8 Å². The molecule has 0 saturated heterocycles. The fourth-order valence-corrected chi connectivity index (χ4v) is 1.79. The summed E-state index contributed by atoms with van der Waals surface area (Å²) in [5.41, 5.74) is 2.61. The Labute approximate surface area is 111 Å². The van der Waals surface area contributed by atoms with Crippen molar-refractivity contribution in [2.75, 3.05) is 0 Å². The molecular weight excluding hydrogens is 242 g/mol. The van der Waals surface area contributed by atoms with Gasteiger partial charge in [0.15, 0.2) is 0 Å². The summed E-state index contributed by atoms with van der Waals surface area (Å²) >= 11 is 0. The number of aryl methyl sites for hydroxylation is 1. The summed E-state index contributed by atoms with van der Waals surface area (Å²) in [4.78, 5) is 25.9. The minimum atomic E-state index is -0.920. The molecule has 0 aliphatic heterocycles. The van der Waals surface area contributed by atoms with Gasteiger partial charge in [-0.3, -0.25) is 9.59 Å². The first-order valence-corrected chi connectivity index (χ1v) is 6.02. The van der Waals surface area contributed by atoms with Crippen LogP contribution in [0.4, 0.5) is 0 Å². The van der Waals surface area contributed by atoms with Crippen molar-refractivity contribution in [1.29, 1.82) is 0 Å². The van der Waals surface area contributed by atoms with Crippen molar-refractivity contribution in [3.63, 3.8) is 0 Å². The molecule has 2 aromatic rings. The molecule has 4 nitrogen and oxygen atoms in total. The molecule has 1 atom stereocenters. The Morgan fingerprint density at radius 1 is 1.11 bits per heavy atom. The third-order valence-corrected chi connectivity index (χ3v) is 3.10. The largest absolute Gasteiger partial charge is 0.481 e. The van der Waals surface area contributed by atoms with Gasteiger partial charge >= 0.3 is 5.97 Å². The number of carboxylic acid groups (broad SMARTS) is 1. The molecule has 0 bridgehead atoms. The number of aromatic nitrogens is 1. The first-order chi connectivity index (χ1) is 8.99. The summed E-state index contributed by atoms with van der Waals surface area (Å²) < 4.78 is 0. The van der Waals surface area contributed by atoms with E-state index in [4.69, 9.17) is 5.11 Å². The van der Waals surface area contributed by atoms with Gasteiger partial charge in [-0.25, -0.2) is 0 Å². The van der Waals surface area contributed by atoms with E-state index in [0.717, 1.165) is 5.56 Å². The molecule has 0 amide bonds. The number of H-pyrrole nitrogens is 1. The van der Waals surface area contributed by atoms with Crippen LogP contribution in [0, 0.1) is 6.92 Å². The topological polar surface area (TPSA) is 70.2 Å². The molecule has 2 rings (SSSR count). The standard InChI is InChI=1S/C15H15NO3/c1-9-3-5-11(6-4-9)14(17)13-8-7-12(16-13)10(2)15(18)19/h3-8,10,16H,1-2H3,(H,18,19). The van der Waals surface area contributed by atoms with Gasteiger partial charge in [-0.05, 0) is 26.0 Å². The first-order valence-electron chi connectivity index (χ1n) is 6.02. The molecule has 98 valence electrons. The zero-order valence-corrected chi connectivity index (χ0v) is 10.8. The zero-order chi connectivity index (χ0) is 14.0. The van der Waals surface area contributed by atoms with Gasteiger partial charge in [0.1, 0.15) is 0 Å². The number of ketones is 1. The zero-order valence-electron chi connectivity index (χ0n) is 10.8. The van der Waals surface area contributed by atoms with E-state index in [-0.39, 0.29) is 5.78 Å². The number of carboxylic acids is 1. The van der Waals surface area contributed by atoms with Crippen molar-refractivity contribution >= 4 is 11.8 Å². The van der Waals surface area contributed by atoms with Crippen molar-refractivity contribution in [2.24, 2.45) is 0 Å². The van der Waals surface area contributed by atoms with Gasteiger partial charge in [-0.15, -0.1) is 0 Å². The number of carbonyl (C=O) groups excluding carboxylic acids is 1. The smallest absolute Gasteiger partial charge is 0.312 e. The highest BCUT2D eigenvalue weighted by atomic mass is 16.4. The molecule has 4 heteroatoms. The molecule has 1 heterocycles. The van der Waals surface area contributed by atoms with E-state index in [9.17, 15) is 9.59 Å². The Morgan fingerprint density at radius 2 is 1.74 bits per heavy atom. The van der Waals surface area contributed by atoms with Crippen molar-refractivity contribution in [3.8, 4) is 0 Å². The van der Waals surface area contributed by atoms with Crippen LogP contribution in [0.3, 0.4) is 0 Å². The van der Waals surface area contributed by atoms with Crippen LogP contribution < -0.4 is 0 Å². The number of hydrogen-bond acceptors (Lipinski definition) is 2. The summed E-state index contributed by atoms with van der Waals surface area (Å²) in [7, 11) is 0. The highest BCUT2D eigenvalue weighted by Crippen LogP contribution is 2.17. The van der Waals surface area contributed by atoms with E-state index >= 15 is 0 Å². The minimum Gasteiger partial charge on any atom is -0.481 e. The first kappa shape index (κ1) is 13.1. The predicted molar refractivity (Wildman–Crippen MR) is 71.5 cm³/mol. The van der Waals surface area contributed by atoms with Crippen LogP contribution in [0.25, 0.3) is 0 Å². The van der Waals surface area contributed by atoms with E-state index in [1.54, 1.807) is 31.2 Å². The molecule has 0 spiro atoms. The van der Waals surface area contributed by atoms with Crippen LogP contribution in [0.2, 0.25) is 0 Å². The van der Waals surface area contributed by atoms with Crippen LogP contribution in [-0.2, 0) is 4.79 Å². The van der Waals surface area contributed by atoms with Gasteiger partial charge in [0.2, 0.25) is 5.78 Å². The molecule has 19 heavy (non-hydrogen) atoms. The number of carbonyl (C=O) groups is 2. The highest BCUT2D eigenvalue weighted by Gasteiger charge is 2.18. The van der Waals surface area contributed by atoms with E-state index in [0.29, 0.717) is 17.0 Å². The van der Waals surface area contributed by atoms with Gasteiger partial charge in [0, 0.05) is 11.3 Å². The molecule has 0 aliphatic carbocycles. The SMILES string of the molecule is Cc1ccc(C(=O)c2ccc(C(C)C(=O)O)[nH]2)cc1. The lowest BCUT2D eigenvalue weighted by molar-refractivity contribution is -0.138. The van der Waals surface area contributed by atoms with Crippen LogP contribution in [0.5, 0.6) is 0 Å². The van der Waals surface area contributed by atoms with Crippen LogP contribution >= 0.6 is 0 Å². The molecule has 1 aromatic carbocycles. The van der Waals surface area contributed by atoms with Crippen molar-refractivity contribution < 1.29 is 14.7 Å².